The molecule has 1 rings (SSSR count). The Morgan fingerprint density at radius 1 is 1.35 bits per heavy atom. The average Bonchev–Trinajstić information content (AvgIpc) is 2.54. The van der Waals surface area contributed by atoms with E-state index in [9.17, 15) is 14.4 Å². The fourth-order valence-electron chi connectivity index (χ4n) is 1.89. The van der Waals surface area contributed by atoms with E-state index in [4.69, 9.17) is 0 Å². The molecule has 0 aliphatic carbocycles. The lowest BCUT2D eigenvalue weighted by molar-refractivity contribution is -0.138. The summed E-state index contributed by atoms with van der Waals surface area (Å²) in [7, 11) is 0. The van der Waals surface area contributed by atoms with Crippen LogP contribution in [-0.2, 0) is 14.4 Å². The van der Waals surface area contributed by atoms with Crippen LogP contribution in [0.25, 0.3) is 0 Å². The zero-order valence-electron chi connectivity index (χ0n) is 10.4. The van der Waals surface area contributed by atoms with E-state index in [-0.39, 0.29) is 22.8 Å². The van der Waals surface area contributed by atoms with Crippen LogP contribution < -0.4 is 0 Å². The van der Waals surface area contributed by atoms with Crippen LogP contribution in [0.2, 0.25) is 0 Å². The molecule has 5 heteroatoms. The van der Waals surface area contributed by atoms with Gasteiger partial charge in [0.15, 0.2) is 0 Å². The first kappa shape index (κ1) is 14.2. The number of likely N-dealkylation sites (tertiary alicyclic amines) is 1. The second-order valence-corrected chi connectivity index (χ2v) is 5.37. The van der Waals surface area contributed by atoms with Gasteiger partial charge in [-0.2, -0.15) is 11.8 Å². The Kier molecular flexibility index (Phi) is 5.68. The summed E-state index contributed by atoms with van der Waals surface area (Å²) in [5, 5.41) is -0.181. The maximum absolute atomic E-state index is 11.7. The van der Waals surface area contributed by atoms with Crippen LogP contribution in [0, 0.1) is 0 Å². The maximum atomic E-state index is 11.7. The molecule has 0 saturated carbocycles. The lowest BCUT2D eigenvalue weighted by Gasteiger charge is -2.13. The fourth-order valence-corrected chi connectivity index (χ4v) is 2.53. The zero-order chi connectivity index (χ0) is 12.8. The van der Waals surface area contributed by atoms with Gasteiger partial charge in [-0.15, -0.1) is 0 Å². The molecule has 96 valence electrons. The summed E-state index contributed by atoms with van der Waals surface area (Å²) in [4.78, 5) is 35.4. The molecule has 0 unspecified atom stereocenters. The smallest absolute Gasteiger partial charge is 0.242 e. The zero-order valence-corrected chi connectivity index (χ0v) is 11.2. The number of hydrogen-bond acceptors (Lipinski definition) is 4. The predicted octanol–water partition coefficient (Wildman–Crippen LogP) is 1.63. The SMILES string of the molecule is CS[C@H]1CC(=O)N(CCCCCC(C)=O)C1=O. The minimum Gasteiger partial charge on any atom is -0.300 e. The molecule has 1 aliphatic rings. The molecule has 0 radical (unpaired) electrons. The Morgan fingerprint density at radius 2 is 2.06 bits per heavy atom. The molecule has 0 spiro atoms. The first-order valence-corrected chi connectivity index (χ1v) is 7.21. The van der Waals surface area contributed by atoms with E-state index in [1.807, 2.05) is 6.26 Å². The Balaban J connectivity index is 2.25. The minimum absolute atomic E-state index is 0.0472. The summed E-state index contributed by atoms with van der Waals surface area (Å²) < 4.78 is 0. The number of ketones is 1. The van der Waals surface area contributed by atoms with Crippen LogP contribution >= 0.6 is 11.8 Å². The van der Waals surface area contributed by atoms with E-state index in [0.29, 0.717) is 19.4 Å². The molecule has 17 heavy (non-hydrogen) atoms. The average molecular weight is 257 g/mol. The van der Waals surface area contributed by atoms with Crippen LogP contribution in [0.1, 0.15) is 39.0 Å². The topological polar surface area (TPSA) is 54.5 Å². The van der Waals surface area contributed by atoms with E-state index in [0.717, 1.165) is 19.3 Å². The Bertz CT molecular complexity index is 317. The molecule has 0 N–H and O–H groups in total. The van der Waals surface area contributed by atoms with E-state index in [1.165, 1.54) is 16.7 Å². The summed E-state index contributed by atoms with van der Waals surface area (Å²) >= 11 is 1.44. The molecule has 1 saturated heterocycles. The summed E-state index contributed by atoms with van der Waals surface area (Å²) in [6, 6.07) is 0. The first-order chi connectivity index (χ1) is 8.06. The van der Waals surface area contributed by atoms with Gasteiger partial charge in [0.2, 0.25) is 11.8 Å². The highest BCUT2D eigenvalue weighted by atomic mass is 32.2. The number of Topliss-reactive ketones (excluding diaryl/α,β-unsaturated/α-hetero) is 1. The number of imide groups is 1. The van der Waals surface area contributed by atoms with Crippen molar-refractivity contribution in [3.63, 3.8) is 0 Å². The molecular formula is C12H19NO3S. The molecule has 2 amide bonds. The molecule has 0 aromatic heterocycles. The third-order valence-electron chi connectivity index (χ3n) is 2.90. The molecule has 1 aliphatic heterocycles. The van der Waals surface area contributed by atoms with Crippen LogP contribution in [0.15, 0.2) is 0 Å². The number of carbonyl (C=O) groups is 3. The van der Waals surface area contributed by atoms with Crippen molar-refractivity contribution >= 4 is 29.4 Å². The van der Waals surface area contributed by atoms with Gasteiger partial charge in [0, 0.05) is 19.4 Å². The van der Waals surface area contributed by atoms with Gasteiger partial charge in [0.05, 0.1) is 5.25 Å². The third kappa shape index (κ3) is 4.15. The molecule has 0 aromatic rings. The largest absolute Gasteiger partial charge is 0.300 e. The molecule has 1 fully saturated rings. The Hall–Kier alpha value is -0.840. The molecule has 1 heterocycles. The quantitative estimate of drug-likeness (QED) is 0.514. The normalized spacial score (nSPS) is 20.1. The summed E-state index contributed by atoms with van der Waals surface area (Å²) in [5.41, 5.74) is 0. The number of rotatable bonds is 7. The molecule has 4 nitrogen and oxygen atoms in total. The van der Waals surface area contributed by atoms with Gasteiger partial charge < -0.3 is 4.79 Å². The number of nitrogens with zero attached hydrogens (tertiary/aromatic N) is 1. The van der Waals surface area contributed by atoms with Crippen LogP contribution in [0.4, 0.5) is 0 Å². The monoisotopic (exact) mass is 257 g/mol. The highest BCUT2D eigenvalue weighted by Crippen LogP contribution is 2.23. The van der Waals surface area contributed by atoms with Crippen molar-refractivity contribution in [1.82, 2.24) is 4.90 Å². The van der Waals surface area contributed by atoms with Crippen molar-refractivity contribution in [3.05, 3.63) is 0 Å². The summed E-state index contributed by atoms with van der Waals surface area (Å²) in [6.07, 6.45) is 5.32. The van der Waals surface area contributed by atoms with Crippen LogP contribution in [0.5, 0.6) is 0 Å². The number of hydrogen-bond donors (Lipinski definition) is 0. The van der Waals surface area contributed by atoms with Gasteiger partial charge in [0.25, 0.3) is 0 Å². The second-order valence-electron chi connectivity index (χ2n) is 4.32. The van der Waals surface area contributed by atoms with E-state index >= 15 is 0 Å². The minimum atomic E-state index is -0.181. The number of unbranched alkanes of at least 4 members (excludes halogenated alkanes) is 2. The van der Waals surface area contributed by atoms with Crippen molar-refractivity contribution in [2.45, 2.75) is 44.3 Å². The number of carbonyl (C=O) groups excluding carboxylic acids is 3. The van der Waals surface area contributed by atoms with Gasteiger partial charge in [-0.05, 0) is 26.0 Å². The third-order valence-corrected chi connectivity index (χ3v) is 3.83. The van der Waals surface area contributed by atoms with Crippen molar-refractivity contribution in [2.75, 3.05) is 12.8 Å². The van der Waals surface area contributed by atoms with E-state index in [2.05, 4.69) is 0 Å². The van der Waals surface area contributed by atoms with Crippen molar-refractivity contribution in [1.29, 1.82) is 0 Å². The lowest BCUT2D eigenvalue weighted by atomic mass is 10.1. The predicted molar refractivity (Wildman–Crippen MR) is 67.8 cm³/mol. The molecular weight excluding hydrogens is 238 g/mol. The number of amides is 2. The van der Waals surface area contributed by atoms with Gasteiger partial charge in [0.1, 0.15) is 5.78 Å². The van der Waals surface area contributed by atoms with Crippen molar-refractivity contribution < 1.29 is 14.4 Å². The molecule has 1 atom stereocenters. The fraction of sp³-hybridized carbons (Fsp3) is 0.750. The number of thioether (sulfide) groups is 1. The standard InChI is InChI=1S/C12H19NO3S/c1-9(14)6-4-3-5-7-13-11(15)8-10(17-2)12(13)16/h10H,3-8H2,1-2H3/t10-/m0/s1. The highest BCUT2D eigenvalue weighted by molar-refractivity contribution is 8.00. The van der Waals surface area contributed by atoms with Crippen LogP contribution in [-0.4, -0.2) is 40.5 Å². The molecule has 0 aromatic carbocycles. The van der Waals surface area contributed by atoms with Crippen molar-refractivity contribution in [2.24, 2.45) is 0 Å². The van der Waals surface area contributed by atoms with Gasteiger partial charge >= 0.3 is 0 Å². The van der Waals surface area contributed by atoms with Crippen LogP contribution in [0.3, 0.4) is 0 Å². The van der Waals surface area contributed by atoms with E-state index < -0.39 is 0 Å². The second kappa shape index (κ2) is 6.79. The van der Waals surface area contributed by atoms with Gasteiger partial charge in [-0.25, -0.2) is 0 Å². The lowest BCUT2D eigenvalue weighted by Crippen LogP contribution is -2.32. The molecule has 0 bridgehead atoms. The summed E-state index contributed by atoms with van der Waals surface area (Å²) in [5.74, 6) is 0.0933. The van der Waals surface area contributed by atoms with Crippen molar-refractivity contribution in [3.8, 4) is 0 Å². The first-order valence-electron chi connectivity index (χ1n) is 5.92. The van der Waals surface area contributed by atoms with E-state index in [1.54, 1.807) is 6.92 Å². The summed E-state index contributed by atoms with van der Waals surface area (Å²) in [6.45, 7) is 2.09. The Labute approximate surface area is 106 Å². The highest BCUT2D eigenvalue weighted by Gasteiger charge is 2.37. The maximum Gasteiger partial charge on any atom is 0.242 e. The van der Waals surface area contributed by atoms with Gasteiger partial charge in [-0.3, -0.25) is 14.5 Å². The Morgan fingerprint density at radius 3 is 2.59 bits per heavy atom. The van der Waals surface area contributed by atoms with Gasteiger partial charge in [-0.1, -0.05) is 6.42 Å².